The van der Waals surface area contributed by atoms with E-state index in [9.17, 15) is 23.1 Å². The van der Waals surface area contributed by atoms with Crippen molar-refractivity contribution in [2.75, 3.05) is 20.0 Å². The van der Waals surface area contributed by atoms with E-state index in [4.69, 9.17) is 13.7 Å². The second-order valence-corrected chi connectivity index (χ2v) is 9.06. The zero-order chi connectivity index (χ0) is 24.0. The van der Waals surface area contributed by atoms with Gasteiger partial charge in [0.25, 0.3) is 21.9 Å². The third-order valence-electron chi connectivity index (χ3n) is 5.08. The predicted molar refractivity (Wildman–Crippen MR) is 118 cm³/mol. The van der Waals surface area contributed by atoms with Gasteiger partial charge >= 0.3 is 0 Å². The van der Waals surface area contributed by atoms with E-state index in [1.165, 1.54) is 7.11 Å². The number of amides is 2. The van der Waals surface area contributed by atoms with E-state index >= 15 is 0 Å². The van der Waals surface area contributed by atoms with Gasteiger partial charge in [-0.15, -0.1) is 0 Å². The number of rotatable bonds is 8. The summed E-state index contributed by atoms with van der Waals surface area (Å²) in [7, 11) is -2.70. The standard InChI is InChI=1S/C22H26N2O8S/c1-30-22-18(24-21(27)15-11-7-4-8-12-15)17(23-20(26)14-9-5-3-6-10-14)19(16(13-25)31-22)32-33(2,28)29/h3-12,16-19,22,25H,13H2,1-2H3,(H,23,26)(H,24,27). The SMILES string of the molecule is COC1OC(CO)C(OS(C)(=O)=O)C(NC(=O)c2ccccc2)C1NC(=O)c1ccccc1. The van der Waals surface area contributed by atoms with Gasteiger partial charge in [0.05, 0.1) is 18.9 Å². The molecule has 0 aromatic heterocycles. The predicted octanol–water partition coefficient (Wildman–Crippen LogP) is 0.292. The number of carbonyl (C=O) groups excluding carboxylic acids is 2. The molecule has 178 valence electrons. The summed E-state index contributed by atoms with van der Waals surface area (Å²) in [5.74, 6) is -1.03. The minimum Gasteiger partial charge on any atom is -0.394 e. The van der Waals surface area contributed by atoms with E-state index in [0.29, 0.717) is 11.1 Å². The Hall–Kier alpha value is -2.83. The fourth-order valence-corrected chi connectivity index (χ4v) is 4.24. The van der Waals surface area contributed by atoms with Gasteiger partial charge in [-0.2, -0.15) is 8.42 Å². The van der Waals surface area contributed by atoms with Crippen molar-refractivity contribution in [3.05, 3.63) is 71.8 Å². The molecule has 1 saturated heterocycles. The third kappa shape index (κ3) is 6.36. The van der Waals surface area contributed by atoms with Crippen LogP contribution in [0.2, 0.25) is 0 Å². The lowest BCUT2D eigenvalue weighted by atomic mass is 9.93. The maximum atomic E-state index is 12.9. The molecule has 5 atom stereocenters. The summed E-state index contributed by atoms with van der Waals surface area (Å²) >= 11 is 0. The molecule has 5 unspecified atom stereocenters. The molecule has 33 heavy (non-hydrogen) atoms. The first-order chi connectivity index (χ1) is 15.7. The first-order valence-electron chi connectivity index (χ1n) is 10.1. The Morgan fingerprint density at radius 2 is 1.42 bits per heavy atom. The van der Waals surface area contributed by atoms with Gasteiger partial charge in [0.1, 0.15) is 18.2 Å². The molecule has 0 radical (unpaired) electrons. The van der Waals surface area contributed by atoms with Gasteiger partial charge in [0, 0.05) is 18.2 Å². The van der Waals surface area contributed by atoms with Crippen LogP contribution in [0.15, 0.2) is 60.7 Å². The van der Waals surface area contributed by atoms with Crippen LogP contribution >= 0.6 is 0 Å². The number of hydrogen-bond donors (Lipinski definition) is 3. The highest BCUT2D eigenvalue weighted by Crippen LogP contribution is 2.26. The van der Waals surface area contributed by atoms with Crippen LogP contribution in [0.1, 0.15) is 20.7 Å². The fourth-order valence-electron chi connectivity index (χ4n) is 3.59. The van der Waals surface area contributed by atoms with Gasteiger partial charge in [0.15, 0.2) is 6.29 Å². The average Bonchev–Trinajstić information content (AvgIpc) is 2.81. The van der Waals surface area contributed by atoms with Gasteiger partial charge in [0.2, 0.25) is 0 Å². The van der Waals surface area contributed by atoms with Crippen molar-refractivity contribution >= 4 is 21.9 Å². The lowest BCUT2D eigenvalue weighted by molar-refractivity contribution is -0.233. The molecule has 0 spiro atoms. The van der Waals surface area contributed by atoms with Crippen LogP contribution < -0.4 is 10.6 Å². The Labute approximate surface area is 192 Å². The Morgan fingerprint density at radius 1 is 0.939 bits per heavy atom. The van der Waals surface area contributed by atoms with E-state index in [0.717, 1.165) is 6.26 Å². The van der Waals surface area contributed by atoms with Crippen molar-refractivity contribution in [2.45, 2.75) is 30.6 Å². The minimum absolute atomic E-state index is 0.310. The monoisotopic (exact) mass is 478 g/mol. The van der Waals surface area contributed by atoms with Gasteiger partial charge in [-0.25, -0.2) is 0 Å². The van der Waals surface area contributed by atoms with Crippen LogP contribution in [0.4, 0.5) is 0 Å². The molecule has 2 amide bonds. The topological polar surface area (TPSA) is 140 Å². The van der Waals surface area contributed by atoms with E-state index in [-0.39, 0.29) is 0 Å². The van der Waals surface area contributed by atoms with E-state index in [2.05, 4.69) is 10.6 Å². The smallest absolute Gasteiger partial charge is 0.264 e. The average molecular weight is 479 g/mol. The molecule has 1 aliphatic rings. The van der Waals surface area contributed by atoms with Crippen LogP contribution in [0.5, 0.6) is 0 Å². The Balaban J connectivity index is 1.98. The number of ether oxygens (including phenoxy) is 2. The molecule has 3 rings (SSSR count). The number of carbonyl (C=O) groups is 2. The summed E-state index contributed by atoms with van der Waals surface area (Å²) in [6, 6.07) is 14.4. The number of aliphatic hydroxyl groups is 1. The molecule has 3 N–H and O–H groups in total. The second-order valence-electron chi connectivity index (χ2n) is 7.46. The van der Waals surface area contributed by atoms with Crippen LogP contribution in [0.25, 0.3) is 0 Å². The zero-order valence-corrected chi connectivity index (χ0v) is 18.9. The van der Waals surface area contributed by atoms with Crippen LogP contribution in [-0.2, 0) is 23.8 Å². The number of hydrogen-bond acceptors (Lipinski definition) is 8. The molecule has 0 saturated carbocycles. The molecule has 0 bridgehead atoms. The lowest BCUT2D eigenvalue weighted by Gasteiger charge is -2.45. The van der Waals surface area contributed by atoms with Crippen LogP contribution in [0, 0.1) is 0 Å². The molecule has 0 aliphatic carbocycles. The van der Waals surface area contributed by atoms with E-state index < -0.39 is 59.1 Å². The molecular weight excluding hydrogens is 452 g/mol. The summed E-state index contributed by atoms with van der Waals surface area (Å²) in [5.41, 5.74) is 0.648. The van der Waals surface area contributed by atoms with Gasteiger partial charge in [-0.1, -0.05) is 36.4 Å². The van der Waals surface area contributed by atoms with Crippen molar-refractivity contribution in [3.63, 3.8) is 0 Å². The molecule has 1 aliphatic heterocycles. The molecule has 10 nitrogen and oxygen atoms in total. The summed E-state index contributed by atoms with van der Waals surface area (Å²) in [6.45, 7) is -0.614. The first kappa shape index (κ1) is 24.8. The van der Waals surface area contributed by atoms with Gasteiger partial charge < -0.3 is 25.2 Å². The molecule has 1 fully saturated rings. The summed E-state index contributed by atoms with van der Waals surface area (Å²) in [5, 5.41) is 15.3. The minimum atomic E-state index is -4.02. The van der Waals surface area contributed by atoms with E-state index in [1.807, 2.05) is 0 Å². The van der Waals surface area contributed by atoms with Crippen LogP contribution in [-0.4, -0.2) is 75.9 Å². The number of nitrogens with one attached hydrogen (secondary N) is 2. The number of methoxy groups -OCH3 is 1. The number of aliphatic hydroxyl groups excluding tert-OH is 1. The Bertz CT molecular complexity index is 1050. The highest BCUT2D eigenvalue weighted by Gasteiger charge is 2.49. The van der Waals surface area contributed by atoms with Gasteiger partial charge in [-0.3, -0.25) is 13.8 Å². The fraction of sp³-hybridized carbons (Fsp3) is 0.364. The summed E-state index contributed by atoms with van der Waals surface area (Å²) in [6.07, 6.45) is -2.77. The maximum Gasteiger partial charge on any atom is 0.264 e. The van der Waals surface area contributed by atoms with Crippen molar-refractivity contribution in [3.8, 4) is 0 Å². The quantitative estimate of drug-likeness (QED) is 0.460. The first-order valence-corrected chi connectivity index (χ1v) is 11.9. The van der Waals surface area contributed by atoms with Crippen molar-refractivity contribution < 1.29 is 36.8 Å². The highest BCUT2D eigenvalue weighted by atomic mass is 32.2. The van der Waals surface area contributed by atoms with Crippen molar-refractivity contribution in [2.24, 2.45) is 0 Å². The maximum absolute atomic E-state index is 12.9. The Kier molecular flexibility index (Phi) is 8.16. The molecule has 2 aromatic rings. The molecule has 11 heteroatoms. The third-order valence-corrected chi connectivity index (χ3v) is 5.65. The highest BCUT2D eigenvalue weighted by molar-refractivity contribution is 7.86. The molecule has 1 heterocycles. The second kappa shape index (κ2) is 10.9. The molecule has 2 aromatic carbocycles. The summed E-state index contributed by atoms with van der Waals surface area (Å²) < 4.78 is 40.2. The van der Waals surface area contributed by atoms with E-state index in [1.54, 1.807) is 60.7 Å². The molecular formula is C22H26N2O8S. The summed E-state index contributed by atoms with van der Waals surface area (Å²) in [4.78, 5) is 25.8. The Morgan fingerprint density at radius 3 is 1.85 bits per heavy atom. The normalized spacial score (nSPS) is 25.2. The largest absolute Gasteiger partial charge is 0.394 e. The van der Waals surface area contributed by atoms with Crippen molar-refractivity contribution in [1.82, 2.24) is 10.6 Å². The van der Waals surface area contributed by atoms with Crippen LogP contribution in [0.3, 0.4) is 0 Å². The number of benzene rings is 2. The van der Waals surface area contributed by atoms with Crippen molar-refractivity contribution in [1.29, 1.82) is 0 Å². The lowest BCUT2D eigenvalue weighted by Crippen LogP contribution is -2.70. The van der Waals surface area contributed by atoms with Gasteiger partial charge in [-0.05, 0) is 24.3 Å². The zero-order valence-electron chi connectivity index (χ0n) is 18.1.